The van der Waals surface area contributed by atoms with E-state index in [0.29, 0.717) is 5.69 Å². The lowest BCUT2D eigenvalue weighted by Crippen LogP contribution is -2.44. The average Bonchev–Trinajstić information content (AvgIpc) is 2.69. The highest BCUT2D eigenvalue weighted by atomic mass is 16.4. The normalized spacial score (nSPS) is 12.9. The number of H-pyrrole nitrogens is 1. The molecule has 1 atom stereocenters. The molecule has 0 saturated carbocycles. The molecule has 1 amide bonds. The van der Waals surface area contributed by atoms with Crippen LogP contribution in [-0.4, -0.2) is 39.5 Å². The molecule has 1 heterocycles. The first kappa shape index (κ1) is 9.66. The van der Waals surface area contributed by atoms with Crippen molar-refractivity contribution in [1.29, 1.82) is 0 Å². The van der Waals surface area contributed by atoms with Crippen LogP contribution < -0.4 is 11.0 Å². The standard InChI is InChI=1S/C8H12N4O3/c9-2-7(13)12-6(8(14)15)1-5-3-10-4-11-5/h3-4,6H,1-2,9H2,(H,10,11)(H,12,13)(H,14,15)/t6-/m0/s1/i/hD. The number of hydrogen-bond donors (Lipinski definition) is 4. The number of carbonyl (C=O) groups is 2. The van der Waals surface area contributed by atoms with Crippen LogP contribution in [0.1, 0.15) is 5.69 Å². The molecule has 0 aliphatic heterocycles. The van der Waals surface area contributed by atoms with Crippen LogP contribution in [0.4, 0.5) is 0 Å². The summed E-state index contributed by atoms with van der Waals surface area (Å²) in [5, 5.41) is 11.2. The Balaban J connectivity index is 2.54. The van der Waals surface area contributed by atoms with Gasteiger partial charge in [-0.15, -0.1) is 0 Å². The van der Waals surface area contributed by atoms with Crippen molar-refractivity contribution in [2.24, 2.45) is 5.73 Å². The summed E-state index contributed by atoms with van der Waals surface area (Å²) in [6.07, 6.45) is 3.05. The van der Waals surface area contributed by atoms with Crippen molar-refractivity contribution >= 4 is 11.9 Å². The van der Waals surface area contributed by atoms with Crippen molar-refractivity contribution in [3.63, 3.8) is 0 Å². The van der Waals surface area contributed by atoms with E-state index >= 15 is 0 Å². The van der Waals surface area contributed by atoms with E-state index in [-0.39, 0.29) is 13.0 Å². The summed E-state index contributed by atoms with van der Waals surface area (Å²) in [4.78, 5) is 28.4. The van der Waals surface area contributed by atoms with E-state index in [1.54, 1.807) is 0 Å². The number of aromatic amines is 1. The topological polar surface area (TPSA) is 121 Å². The van der Waals surface area contributed by atoms with Gasteiger partial charge in [0.15, 0.2) is 0 Å². The zero-order valence-corrected chi connectivity index (χ0v) is 7.86. The molecule has 82 valence electrons. The number of rotatable bonds is 6. The third-order valence-corrected chi connectivity index (χ3v) is 1.77. The second kappa shape index (κ2) is 5.11. The Hall–Kier alpha value is -1.89. The Morgan fingerprint density at radius 3 is 3.13 bits per heavy atom. The molecule has 0 bridgehead atoms. The maximum Gasteiger partial charge on any atom is 0.326 e. The van der Waals surface area contributed by atoms with Crippen LogP contribution in [0.15, 0.2) is 12.5 Å². The number of carboxylic acids is 1. The van der Waals surface area contributed by atoms with E-state index in [1.807, 2.05) is 5.73 Å². The Kier molecular flexibility index (Phi) is 3.29. The number of imidazole rings is 1. The van der Waals surface area contributed by atoms with Crippen molar-refractivity contribution < 1.29 is 16.1 Å². The largest absolute Gasteiger partial charge is 0.480 e. The number of hydrogen-bond acceptors (Lipinski definition) is 4. The van der Waals surface area contributed by atoms with Crippen LogP contribution in [0.2, 0.25) is 1.41 Å². The van der Waals surface area contributed by atoms with Gasteiger partial charge in [-0.05, 0) is 0 Å². The number of nitrogens with two attached hydrogens (primary N) is 1. The van der Waals surface area contributed by atoms with Crippen LogP contribution in [0, 0.1) is 0 Å². The van der Waals surface area contributed by atoms with Crippen molar-refractivity contribution in [3.8, 4) is 0 Å². The van der Waals surface area contributed by atoms with E-state index in [1.165, 1.54) is 12.5 Å². The van der Waals surface area contributed by atoms with Gasteiger partial charge in [-0.2, -0.15) is 0 Å². The lowest BCUT2D eigenvalue weighted by Gasteiger charge is -2.12. The number of nitrogens with zero attached hydrogens (tertiary/aromatic N) is 1. The minimum Gasteiger partial charge on any atom is -0.480 e. The number of aliphatic carboxylic acids is 1. The molecule has 1 aromatic heterocycles. The zero-order chi connectivity index (χ0) is 12.0. The third-order valence-electron chi connectivity index (χ3n) is 1.77. The van der Waals surface area contributed by atoms with E-state index in [9.17, 15) is 9.59 Å². The number of nitrogens with one attached hydrogen (secondary N) is 2. The van der Waals surface area contributed by atoms with Crippen LogP contribution in [0.25, 0.3) is 0 Å². The van der Waals surface area contributed by atoms with Crippen LogP contribution in [0.5, 0.6) is 0 Å². The molecule has 5 N–H and O–H groups in total. The summed E-state index contributed by atoms with van der Waals surface area (Å²) < 4.78 is 6.61. The monoisotopic (exact) mass is 213 g/mol. The summed E-state index contributed by atoms with van der Waals surface area (Å²) in [5.41, 5.74) is 2.51. The summed E-state index contributed by atoms with van der Waals surface area (Å²) in [7, 11) is 0. The van der Waals surface area contributed by atoms with Gasteiger partial charge in [-0.3, -0.25) is 4.79 Å². The summed E-state index contributed by atoms with van der Waals surface area (Å²) >= 11 is 0. The fourth-order valence-electron chi connectivity index (χ4n) is 1.06. The summed E-state index contributed by atoms with van der Waals surface area (Å²) in [5.74, 6) is -1.67. The smallest absolute Gasteiger partial charge is 0.326 e. The van der Waals surface area contributed by atoms with Crippen LogP contribution in [0.3, 0.4) is 0 Å². The molecular weight excluding hydrogens is 200 g/mol. The third kappa shape index (κ3) is 3.39. The molecule has 7 nitrogen and oxygen atoms in total. The lowest BCUT2D eigenvalue weighted by molar-refractivity contribution is -0.141. The van der Waals surface area contributed by atoms with Crippen LogP contribution >= 0.6 is 0 Å². The maximum atomic E-state index is 11.1. The molecule has 0 unspecified atom stereocenters. The first-order valence-electron chi connectivity index (χ1n) is 4.77. The van der Waals surface area contributed by atoms with E-state index in [0.717, 1.165) is 0 Å². The van der Waals surface area contributed by atoms with Gasteiger partial charge < -0.3 is 21.1 Å². The zero-order valence-electron chi connectivity index (χ0n) is 8.86. The van der Waals surface area contributed by atoms with Crippen molar-refractivity contribution in [1.82, 2.24) is 15.3 Å². The Bertz CT molecular complexity index is 354. The van der Waals surface area contributed by atoms with Crippen molar-refractivity contribution in [2.75, 3.05) is 6.54 Å². The number of carboxylic acid groups (broad SMARTS) is 1. The molecule has 0 spiro atoms. The Morgan fingerprint density at radius 1 is 1.80 bits per heavy atom. The molecule has 0 radical (unpaired) electrons. The summed E-state index contributed by atoms with van der Waals surface area (Å²) in [6, 6.07) is -1.03. The molecule has 0 aromatic carbocycles. The van der Waals surface area contributed by atoms with E-state index in [2.05, 4.69) is 15.3 Å². The second-order valence-corrected chi connectivity index (χ2v) is 2.92. The Labute approximate surface area is 87.2 Å². The van der Waals surface area contributed by atoms with Gasteiger partial charge in [0.1, 0.15) is 7.45 Å². The predicted molar refractivity (Wildman–Crippen MR) is 50.9 cm³/mol. The van der Waals surface area contributed by atoms with Gasteiger partial charge in [0.25, 0.3) is 0 Å². The van der Waals surface area contributed by atoms with E-state index in [4.69, 9.17) is 6.52 Å². The average molecular weight is 213 g/mol. The fraction of sp³-hybridized carbons (Fsp3) is 0.375. The minimum atomic E-state index is -1.13. The highest BCUT2D eigenvalue weighted by Crippen LogP contribution is 1.98. The second-order valence-electron chi connectivity index (χ2n) is 2.92. The molecule has 0 aliphatic rings. The molecule has 1 aromatic rings. The molecule has 0 fully saturated rings. The number of amides is 1. The van der Waals surface area contributed by atoms with Crippen molar-refractivity contribution in [2.45, 2.75) is 12.5 Å². The maximum absolute atomic E-state index is 11.1. The number of aromatic nitrogens is 2. The van der Waals surface area contributed by atoms with Gasteiger partial charge in [-0.25, -0.2) is 9.78 Å². The van der Waals surface area contributed by atoms with Gasteiger partial charge in [0, 0.05) is 18.3 Å². The predicted octanol–water partition coefficient (Wildman–Crippen LogP) is -1.52. The molecule has 15 heavy (non-hydrogen) atoms. The van der Waals surface area contributed by atoms with E-state index < -0.39 is 17.9 Å². The highest BCUT2D eigenvalue weighted by molar-refractivity contribution is 5.84. The fourth-order valence-corrected chi connectivity index (χ4v) is 1.06. The highest BCUT2D eigenvalue weighted by Gasteiger charge is 2.20. The van der Waals surface area contributed by atoms with Gasteiger partial charge >= 0.3 is 5.97 Å². The number of carbonyl (C=O) groups excluding carboxylic acids is 1. The molecular formula is C8H12N4O3. The molecule has 0 aliphatic carbocycles. The van der Waals surface area contributed by atoms with Gasteiger partial charge in [0.2, 0.25) is 5.91 Å². The van der Waals surface area contributed by atoms with Gasteiger partial charge in [-0.1, -0.05) is 0 Å². The Morgan fingerprint density at radius 2 is 2.60 bits per heavy atom. The first-order valence-corrected chi connectivity index (χ1v) is 4.27. The minimum absolute atomic E-state index is 0.124. The van der Waals surface area contributed by atoms with Crippen LogP contribution in [-0.2, 0) is 16.0 Å². The quantitative estimate of drug-likeness (QED) is 0.457. The first-order chi connectivity index (χ1) is 7.63. The molecule has 1 rings (SSSR count). The van der Waals surface area contributed by atoms with Gasteiger partial charge in [0.05, 0.1) is 12.9 Å². The summed E-state index contributed by atoms with van der Waals surface area (Å²) in [6.45, 7) is -0.243. The molecule has 0 saturated heterocycles. The lowest BCUT2D eigenvalue weighted by atomic mass is 10.1. The van der Waals surface area contributed by atoms with Crippen molar-refractivity contribution in [3.05, 3.63) is 18.2 Å². The molecule has 7 heteroatoms. The SMILES string of the molecule is [2H]NCC(=O)N[C@@H](Cc1cnc[nH]1)C(=O)O.